The maximum Gasteiger partial charge on any atom is 0.420 e. The summed E-state index contributed by atoms with van der Waals surface area (Å²) < 4.78 is 5.96. The van der Waals surface area contributed by atoms with Crippen LogP contribution in [0.25, 0.3) is 11.1 Å². The number of non-ortho nitro benzene ring substituents is 2. The van der Waals surface area contributed by atoms with Crippen LogP contribution in [0.15, 0.2) is 45.6 Å². The van der Waals surface area contributed by atoms with Crippen molar-refractivity contribution in [2.24, 2.45) is 0 Å². The van der Waals surface area contributed by atoms with Gasteiger partial charge in [-0.3, -0.25) is 29.6 Å². The van der Waals surface area contributed by atoms with Crippen LogP contribution in [-0.4, -0.2) is 20.3 Å². The Hall–Kier alpha value is -4.02. The van der Waals surface area contributed by atoms with Crippen molar-refractivity contribution in [1.82, 2.24) is 4.57 Å². The Morgan fingerprint density at radius 3 is 2.41 bits per heavy atom. The van der Waals surface area contributed by atoms with Crippen molar-refractivity contribution >= 4 is 34.1 Å². The average molecular weight is 372 g/mol. The maximum absolute atomic E-state index is 12.3. The molecule has 0 bridgehead atoms. The Morgan fingerprint density at radius 1 is 1.11 bits per heavy atom. The van der Waals surface area contributed by atoms with Gasteiger partial charge in [-0.2, -0.15) is 0 Å². The summed E-state index contributed by atoms with van der Waals surface area (Å²) in [4.78, 5) is 44.7. The Balaban J connectivity index is 1.87. The summed E-state index contributed by atoms with van der Waals surface area (Å²) in [5.74, 6) is -1.46. The van der Waals surface area contributed by atoms with E-state index in [0.717, 1.165) is 10.6 Å². The van der Waals surface area contributed by atoms with Crippen molar-refractivity contribution in [2.75, 3.05) is 5.32 Å². The molecule has 1 N–H and O–H groups in total. The van der Waals surface area contributed by atoms with Gasteiger partial charge in [0.05, 0.1) is 27.1 Å². The second-order valence-electron chi connectivity index (χ2n) is 5.67. The smallest absolute Gasteiger partial charge is 0.407 e. The van der Waals surface area contributed by atoms with Gasteiger partial charge in [-0.25, -0.2) is 4.79 Å². The van der Waals surface area contributed by atoms with Crippen LogP contribution in [0, 0.1) is 27.2 Å². The molecule has 0 saturated carbocycles. The fourth-order valence-electron chi connectivity index (χ4n) is 2.51. The van der Waals surface area contributed by atoms with Gasteiger partial charge < -0.3 is 9.73 Å². The molecule has 0 aliphatic carbocycles. The zero-order valence-corrected chi connectivity index (χ0v) is 13.9. The van der Waals surface area contributed by atoms with Gasteiger partial charge in [0.1, 0.15) is 6.54 Å². The lowest BCUT2D eigenvalue weighted by molar-refractivity contribution is -0.385. The van der Waals surface area contributed by atoms with Crippen LogP contribution in [0.5, 0.6) is 0 Å². The number of nitro groups is 2. The molecule has 0 unspecified atom stereocenters. The lowest BCUT2D eigenvalue weighted by Gasteiger charge is -2.08. The fourth-order valence-corrected chi connectivity index (χ4v) is 2.51. The van der Waals surface area contributed by atoms with Gasteiger partial charge in [-0.05, 0) is 18.6 Å². The number of fused-ring (bicyclic) bond motifs is 1. The number of anilines is 1. The molecule has 0 spiro atoms. The van der Waals surface area contributed by atoms with Crippen molar-refractivity contribution in [3.63, 3.8) is 0 Å². The minimum Gasteiger partial charge on any atom is -0.407 e. The molecule has 1 heterocycles. The van der Waals surface area contributed by atoms with Gasteiger partial charge in [-0.15, -0.1) is 0 Å². The second-order valence-corrected chi connectivity index (χ2v) is 5.67. The molecule has 1 aromatic heterocycles. The van der Waals surface area contributed by atoms with Crippen molar-refractivity contribution in [1.29, 1.82) is 0 Å². The van der Waals surface area contributed by atoms with E-state index in [0.29, 0.717) is 5.56 Å². The first kappa shape index (κ1) is 17.8. The Bertz CT molecular complexity index is 1150. The van der Waals surface area contributed by atoms with E-state index in [1.165, 1.54) is 30.3 Å². The van der Waals surface area contributed by atoms with Crippen LogP contribution in [0.3, 0.4) is 0 Å². The highest BCUT2D eigenvalue weighted by Crippen LogP contribution is 2.23. The quantitative estimate of drug-likeness (QED) is 0.533. The summed E-state index contributed by atoms with van der Waals surface area (Å²) in [5.41, 5.74) is 0.610. The Kier molecular flexibility index (Phi) is 4.42. The monoisotopic (exact) mass is 372 g/mol. The van der Waals surface area contributed by atoms with Gasteiger partial charge in [0.15, 0.2) is 5.58 Å². The number of nitro benzene ring substituents is 2. The van der Waals surface area contributed by atoms with Gasteiger partial charge in [-0.1, -0.05) is 6.07 Å². The largest absolute Gasteiger partial charge is 0.420 e. The van der Waals surface area contributed by atoms with E-state index in [1.54, 1.807) is 6.92 Å². The number of hydrogen-bond acceptors (Lipinski definition) is 7. The van der Waals surface area contributed by atoms with Crippen molar-refractivity contribution in [3.8, 4) is 0 Å². The number of oxazole rings is 1. The first-order chi connectivity index (χ1) is 12.8. The summed E-state index contributed by atoms with van der Waals surface area (Å²) >= 11 is 0. The zero-order chi connectivity index (χ0) is 19.7. The molecule has 0 fully saturated rings. The highest BCUT2D eigenvalue weighted by Gasteiger charge is 2.17. The average Bonchev–Trinajstić information content (AvgIpc) is 2.91. The van der Waals surface area contributed by atoms with Crippen LogP contribution in [-0.2, 0) is 11.3 Å². The van der Waals surface area contributed by atoms with Crippen LogP contribution in [0.1, 0.15) is 5.56 Å². The molecule has 0 radical (unpaired) electrons. The van der Waals surface area contributed by atoms with E-state index >= 15 is 0 Å². The molecule has 27 heavy (non-hydrogen) atoms. The number of amides is 1. The minimum atomic E-state index is -0.851. The number of benzene rings is 2. The molecule has 0 aliphatic rings. The summed E-state index contributed by atoms with van der Waals surface area (Å²) in [6.07, 6.45) is 0. The minimum absolute atomic E-state index is 0.0199. The lowest BCUT2D eigenvalue weighted by atomic mass is 10.2. The fraction of sp³-hybridized carbons (Fsp3) is 0.125. The topological polar surface area (TPSA) is 151 Å². The molecule has 11 heteroatoms. The molecule has 3 rings (SSSR count). The predicted molar refractivity (Wildman–Crippen MR) is 93.6 cm³/mol. The van der Waals surface area contributed by atoms with Crippen LogP contribution in [0.2, 0.25) is 0 Å². The molecule has 3 aromatic rings. The summed E-state index contributed by atoms with van der Waals surface area (Å²) in [6, 6.07) is 7.61. The molecule has 0 atom stereocenters. The van der Waals surface area contributed by atoms with Gasteiger partial charge >= 0.3 is 5.76 Å². The number of hydrogen-bond donors (Lipinski definition) is 1. The molecule has 11 nitrogen and oxygen atoms in total. The normalized spacial score (nSPS) is 10.7. The number of rotatable bonds is 5. The molecule has 0 saturated heterocycles. The molecular weight excluding hydrogens is 360 g/mol. The lowest BCUT2D eigenvalue weighted by Crippen LogP contribution is -2.25. The second kappa shape index (κ2) is 6.71. The van der Waals surface area contributed by atoms with E-state index in [9.17, 15) is 29.8 Å². The van der Waals surface area contributed by atoms with Crippen molar-refractivity contribution in [3.05, 3.63) is 72.7 Å². The first-order valence-electron chi connectivity index (χ1n) is 7.59. The highest BCUT2D eigenvalue weighted by molar-refractivity contribution is 5.92. The Labute approximate surface area is 150 Å². The third-order valence-corrected chi connectivity index (χ3v) is 3.87. The molecule has 138 valence electrons. The number of aryl methyl sites for hydroxylation is 1. The molecule has 2 aromatic carbocycles. The van der Waals surface area contributed by atoms with E-state index < -0.39 is 28.1 Å². The number of nitrogens with zero attached hydrogens (tertiary/aromatic N) is 3. The Morgan fingerprint density at radius 2 is 1.74 bits per heavy atom. The van der Waals surface area contributed by atoms with E-state index in [4.69, 9.17) is 4.42 Å². The van der Waals surface area contributed by atoms with Gasteiger partial charge in [0.25, 0.3) is 11.4 Å². The SMILES string of the molecule is Cc1ccc([N+](=O)[O-])cc1NC(=O)Cn1c(=O)oc2cc([N+](=O)[O-])ccc21. The van der Waals surface area contributed by atoms with Crippen molar-refractivity contribution in [2.45, 2.75) is 13.5 Å². The molecule has 1 amide bonds. The summed E-state index contributed by atoms with van der Waals surface area (Å²) in [7, 11) is 0. The number of carbonyl (C=O) groups excluding carboxylic acids is 1. The third kappa shape index (κ3) is 3.51. The molecule has 0 aliphatic heterocycles. The highest BCUT2D eigenvalue weighted by atomic mass is 16.6. The van der Waals surface area contributed by atoms with E-state index in [2.05, 4.69) is 5.32 Å². The maximum atomic E-state index is 12.3. The van der Waals surface area contributed by atoms with Gasteiger partial charge in [0.2, 0.25) is 5.91 Å². The number of nitrogens with one attached hydrogen (secondary N) is 1. The summed E-state index contributed by atoms with van der Waals surface area (Å²) in [5, 5.41) is 24.2. The standard InChI is InChI=1S/C16H12N4O7/c1-9-2-3-10(19(23)24)6-12(9)17-15(21)8-18-13-5-4-11(20(25)26)7-14(13)27-16(18)22/h2-7H,8H2,1H3,(H,17,21). The first-order valence-corrected chi connectivity index (χ1v) is 7.59. The van der Waals surface area contributed by atoms with Crippen LogP contribution in [0.4, 0.5) is 17.1 Å². The molecular formula is C16H12N4O7. The summed E-state index contributed by atoms with van der Waals surface area (Å²) in [6.45, 7) is 1.24. The van der Waals surface area contributed by atoms with Gasteiger partial charge in [0, 0.05) is 18.2 Å². The van der Waals surface area contributed by atoms with Crippen molar-refractivity contribution < 1.29 is 19.1 Å². The predicted octanol–water partition coefficient (Wildman–Crippen LogP) is 2.36. The van der Waals surface area contributed by atoms with E-state index in [1.807, 2.05) is 0 Å². The van der Waals surface area contributed by atoms with Crippen LogP contribution >= 0.6 is 0 Å². The van der Waals surface area contributed by atoms with E-state index in [-0.39, 0.29) is 28.2 Å². The number of carbonyl (C=O) groups is 1. The third-order valence-electron chi connectivity index (χ3n) is 3.87. The number of aromatic nitrogens is 1. The van der Waals surface area contributed by atoms with Crippen LogP contribution < -0.4 is 11.1 Å². The zero-order valence-electron chi connectivity index (χ0n) is 13.9.